The Kier molecular flexibility index (Phi) is 6.65. The van der Waals surface area contributed by atoms with Crippen molar-refractivity contribution >= 4 is 23.2 Å². The fourth-order valence-electron chi connectivity index (χ4n) is 2.07. The molecule has 0 amide bonds. The summed E-state index contributed by atoms with van der Waals surface area (Å²) in [6, 6.07) is 15.3. The van der Waals surface area contributed by atoms with E-state index in [0.29, 0.717) is 5.02 Å². The van der Waals surface area contributed by atoms with Crippen LogP contribution in [0.5, 0.6) is 0 Å². The molecule has 0 aliphatic carbocycles. The van der Waals surface area contributed by atoms with E-state index in [-0.39, 0.29) is 35.1 Å². The van der Waals surface area contributed by atoms with Crippen LogP contribution >= 0.6 is 23.2 Å². The summed E-state index contributed by atoms with van der Waals surface area (Å²) in [5.41, 5.74) is 1.04. The first-order valence-corrected chi connectivity index (χ1v) is 8.01. The molecule has 2 aromatic carbocycles. The molecule has 7 heteroatoms. The monoisotopic (exact) mass is 374 g/mol. The number of halogens is 3. The van der Waals surface area contributed by atoms with Crippen molar-refractivity contribution in [3.8, 4) is 12.1 Å². The van der Waals surface area contributed by atoms with Gasteiger partial charge in [-0.2, -0.15) is 10.5 Å². The first-order chi connectivity index (χ1) is 12.1. The average molecular weight is 375 g/mol. The van der Waals surface area contributed by atoms with Gasteiger partial charge in [0.25, 0.3) is 0 Å². The second kappa shape index (κ2) is 8.94. The Hall–Kier alpha value is -2.73. The van der Waals surface area contributed by atoms with Gasteiger partial charge in [-0.1, -0.05) is 47.5 Å². The highest BCUT2D eigenvalue weighted by Gasteiger charge is 2.11. The van der Waals surface area contributed by atoms with Gasteiger partial charge < -0.3 is 10.6 Å². The smallest absolute Gasteiger partial charge is 0.148 e. The summed E-state index contributed by atoms with van der Waals surface area (Å²) < 4.78 is 13.8. The lowest BCUT2D eigenvalue weighted by atomic mass is 10.2. The summed E-state index contributed by atoms with van der Waals surface area (Å²) in [4.78, 5) is 0. The van der Waals surface area contributed by atoms with Crippen LogP contribution in [0.3, 0.4) is 0 Å². The van der Waals surface area contributed by atoms with Crippen molar-refractivity contribution in [2.75, 3.05) is 0 Å². The summed E-state index contributed by atoms with van der Waals surface area (Å²) >= 11 is 12.0. The Bertz CT molecular complexity index is 861. The van der Waals surface area contributed by atoms with E-state index in [4.69, 9.17) is 23.2 Å². The SMILES string of the molecule is N#C/C(NCc1ccccc1Cl)=C(/C#N)NCc1c(F)cccc1Cl. The van der Waals surface area contributed by atoms with Gasteiger partial charge in [0.15, 0.2) is 0 Å². The zero-order valence-corrected chi connectivity index (χ0v) is 14.5. The van der Waals surface area contributed by atoms with Crippen LogP contribution in [0, 0.1) is 28.5 Å². The largest absolute Gasteiger partial charge is 0.370 e. The number of nitrogens with one attached hydrogen (secondary N) is 2. The first-order valence-electron chi connectivity index (χ1n) is 7.25. The molecule has 4 nitrogen and oxygen atoms in total. The van der Waals surface area contributed by atoms with E-state index in [1.807, 2.05) is 24.3 Å². The normalized spacial score (nSPS) is 11.1. The Morgan fingerprint density at radius 2 is 1.48 bits per heavy atom. The zero-order valence-electron chi connectivity index (χ0n) is 13.0. The molecule has 126 valence electrons. The number of rotatable bonds is 6. The van der Waals surface area contributed by atoms with Gasteiger partial charge >= 0.3 is 0 Å². The molecular weight excluding hydrogens is 362 g/mol. The molecule has 0 radical (unpaired) electrons. The minimum atomic E-state index is -0.486. The van der Waals surface area contributed by atoms with Gasteiger partial charge in [-0.05, 0) is 23.8 Å². The second-order valence-corrected chi connectivity index (χ2v) is 5.79. The number of benzene rings is 2. The number of allylic oxidation sites excluding steroid dienone is 2. The van der Waals surface area contributed by atoms with Crippen LogP contribution < -0.4 is 10.6 Å². The minimum absolute atomic E-state index is 0.00567. The standard InChI is InChI=1S/C18H13Cl2FN4/c19-14-5-2-1-4-12(14)10-24-17(8-22)18(9-23)25-11-13-15(20)6-3-7-16(13)21/h1-7,24-25H,10-11H2/b18-17+. The van der Waals surface area contributed by atoms with Crippen molar-refractivity contribution in [3.63, 3.8) is 0 Å². The Balaban J connectivity index is 2.13. The van der Waals surface area contributed by atoms with Gasteiger partial charge in [0.05, 0.1) is 0 Å². The number of hydrogen-bond acceptors (Lipinski definition) is 4. The van der Waals surface area contributed by atoms with Gasteiger partial charge in [0, 0.05) is 28.7 Å². The van der Waals surface area contributed by atoms with Gasteiger partial charge in [-0.3, -0.25) is 0 Å². The van der Waals surface area contributed by atoms with E-state index in [2.05, 4.69) is 10.6 Å². The molecule has 2 aromatic rings. The summed E-state index contributed by atoms with van der Waals surface area (Å²) in [5.74, 6) is -0.486. The van der Waals surface area contributed by atoms with Crippen LogP contribution in [-0.4, -0.2) is 0 Å². The van der Waals surface area contributed by atoms with E-state index < -0.39 is 5.82 Å². The Morgan fingerprint density at radius 3 is 2.08 bits per heavy atom. The van der Waals surface area contributed by atoms with Gasteiger partial charge in [-0.25, -0.2) is 4.39 Å². The van der Waals surface area contributed by atoms with Crippen molar-refractivity contribution in [2.45, 2.75) is 13.1 Å². The van der Waals surface area contributed by atoms with Crippen LogP contribution in [0.25, 0.3) is 0 Å². The molecule has 0 spiro atoms. The molecule has 0 unspecified atom stereocenters. The van der Waals surface area contributed by atoms with Crippen molar-refractivity contribution in [1.29, 1.82) is 10.5 Å². The molecule has 25 heavy (non-hydrogen) atoms. The fraction of sp³-hybridized carbons (Fsp3) is 0.111. The molecule has 0 saturated carbocycles. The highest BCUT2D eigenvalue weighted by Crippen LogP contribution is 2.19. The molecule has 0 saturated heterocycles. The van der Waals surface area contributed by atoms with Crippen LogP contribution in [0.4, 0.5) is 4.39 Å². The summed E-state index contributed by atoms with van der Waals surface area (Å²) in [6.07, 6.45) is 0. The highest BCUT2D eigenvalue weighted by molar-refractivity contribution is 6.31. The Morgan fingerprint density at radius 1 is 0.880 bits per heavy atom. The Labute approximate surface area is 155 Å². The molecule has 0 bridgehead atoms. The third-order valence-corrected chi connectivity index (χ3v) is 4.11. The van der Waals surface area contributed by atoms with E-state index in [9.17, 15) is 14.9 Å². The maximum Gasteiger partial charge on any atom is 0.148 e. The second-order valence-electron chi connectivity index (χ2n) is 4.97. The van der Waals surface area contributed by atoms with Crippen molar-refractivity contribution in [2.24, 2.45) is 0 Å². The van der Waals surface area contributed by atoms with E-state index in [1.165, 1.54) is 12.1 Å². The van der Waals surface area contributed by atoms with Crippen LogP contribution in [0.15, 0.2) is 53.9 Å². The van der Waals surface area contributed by atoms with E-state index in [1.54, 1.807) is 18.2 Å². The molecular formula is C18H13Cl2FN4. The van der Waals surface area contributed by atoms with Crippen LogP contribution in [0.2, 0.25) is 10.0 Å². The molecule has 2 rings (SSSR count). The van der Waals surface area contributed by atoms with E-state index >= 15 is 0 Å². The summed E-state index contributed by atoms with van der Waals surface area (Å²) in [7, 11) is 0. The average Bonchev–Trinajstić information content (AvgIpc) is 2.61. The topological polar surface area (TPSA) is 71.6 Å². The van der Waals surface area contributed by atoms with Crippen molar-refractivity contribution in [3.05, 3.63) is 80.8 Å². The summed E-state index contributed by atoms with van der Waals surface area (Å²) in [6.45, 7) is 0.253. The molecule has 0 fully saturated rings. The summed E-state index contributed by atoms with van der Waals surface area (Å²) in [5, 5.41) is 25.0. The third kappa shape index (κ3) is 4.87. The molecule has 0 aliphatic heterocycles. The number of nitriles is 2. The number of nitrogens with zero attached hydrogens (tertiary/aromatic N) is 2. The highest BCUT2D eigenvalue weighted by atomic mass is 35.5. The van der Waals surface area contributed by atoms with Gasteiger partial charge in [-0.15, -0.1) is 0 Å². The van der Waals surface area contributed by atoms with Crippen LogP contribution in [0.1, 0.15) is 11.1 Å². The molecule has 0 aliphatic rings. The first kappa shape index (κ1) is 18.6. The lowest BCUT2D eigenvalue weighted by molar-refractivity contribution is 0.602. The van der Waals surface area contributed by atoms with Gasteiger partial charge in [0.2, 0.25) is 0 Å². The maximum atomic E-state index is 13.8. The maximum absolute atomic E-state index is 13.8. The molecule has 0 heterocycles. The lowest BCUT2D eigenvalue weighted by Gasteiger charge is -2.11. The fourth-order valence-corrected chi connectivity index (χ4v) is 2.50. The molecule has 0 aromatic heterocycles. The number of hydrogen-bond donors (Lipinski definition) is 2. The zero-order chi connectivity index (χ0) is 18.2. The predicted octanol–water partition coefficient (Wildman–Crippen LogP) is 4.27. The van der Waals surface area contributed by atoms with Crippen molar-refractivity contribution < 1.29 is 4.39 Å². The minimum Gasteiger partial charge on any atom is -0.370 e. The molecule has 2 N–H and O–H groups in total. The van der Waals surface area contributed by atoms with Crippen molar-refractivity contribution in [1.82, 2.24) is 10.6 Å². The van der Waals surface area contributed by atoms with Gasteiger partial charge in [0.1, 0.15) is 29.3 Å². The molecule has 0 atom stereocenters. The lowest BCUT2D eigenvalue weighted by Crippen LogP contribution is -2.21. The quantitative estimate of drug-likeness (QED) is 0.740. The van der Waals surface area contributed by atoms with E-state index in [0.717, 1.165) is 5.56 Å². The predicted molar refractivity (Wildman–Crippen MR) is 94.8 cm³/mol. The third-order valence-electron chi connectivity index (χ3n) is 3.39. The van der Waals surface area contributed by atoms with Crippen LogP contribution in [-0.2, 0) is 13.1 Å².